The molecule has 0 bridgehead atoms. The maximum atomic E-state index is 14.9. The van der Waals surface area contributed by atoms with Gasteiger partial charge >= 0.3 is 0 Å². The summed E-state index contributed by atoms with van der Waals surface area (Å²) < 4.78 is 29.0. The molecular formula is C62H69F2N7O9S. The smallest absolute Gasteiger partial charge is 0.270 e. The lowest BCUT2D eigenvalue weighted by Gasteiger charge is -2.42. The zero-order valence-electron chi connectivity index (χ0n) is 45.6. The van der Waals surface area contributed by atoms with Crippen LogP contribution in [0.4, 0.5) is 8.78 Å². The Bertz CT molecular complexity index is 3220. The van der Waals surface area contributed by atoms with E-state index in [0.717, 1.165) is 91.9 Å². The molecule has 8 amide bonds. The molecule has 1 saturated carbocycles. The van der Waals surface area contributed by atoms with Crippen LogP contribution < -0.4 is 21.7 Å². The van der Waals surface area contributed by atoms with E-state index in [1.807, 2.05) is 35.2 Å². The zero-order chi connectivity index (χ0) is 57.1. The molecule has 6 heterocycles. The van der Waals surface area contributed by atoms with Crippen LogP contribution in [0.5, 0.6) is 0 Å². The molecular weight excluding hydrogens is 1060 g/mol. The van der Waals surface area contributed by atoms with Crippen LogP contribution in [-0.2, 0) is 52.4 Å². The molecule has 0 spiro atoms. The van der Waals surface area contributed by atoms with Crippen LogP contribution >= 0.6 is 11.3 Å². The highest BCUT2D eigenvalue weighted by Crippen LogP contribution is 2.41. The van der Waals surface area contributed by atoms with Crippen molar-refractivity contribution < 1.29 is 51.9 Å². The van der Waals surface area contributed by atoms with Gasteiger partial charge in [-0.1, -0.05) is 67.5 Å². The van der Waals surface area contributed by atoms with Crippen molar-refractivity contribution in [3.63, 3.8) is 0 Å². The monoisotopic (exact) mass is 1130 g/mol. The van der Waals surface area contributed by atoms with Crippen molar-refractivity contribution in [3.8, 4) is 11.8 Å². The van der Waals surface area contributed by atoms with E-state index in [1.165, 1.54) is 28.0 Å². The number of primary amides is 1. The van der Waals surface area contributed by atoms with Gasteiger partial charge in [0, 0.05) is 86.0 Å². The summed E-state index contributed by atoms with van der Waals surface area (Å²) in [5.41, 5.74) is 9.14. The highest BCUT2D eigenvalue weighted by atomic mass is 32.1. The molecule has 1 unspecified atom stereocenters. The Morgan fingerprint density at radius 1 is 0.877 bits per heavy atom. The molecule has 3 saturated heterocycles. The lowest BCUT2D eigenvalue weighted by atomic mass is 9.76. The van der Waals surface area contributed by atoms with Crippen molar-refractivity contribution in [2.24, 2.45) is 23.5 Å². The molecule has 5 N–H and O–H groups in total. The van der Waals surface area contributed by atoms with Gasteiger partial charge in [0.25, 0.3) is 17.7 Å². The first kappa shape index (κ1) is 56.9. The highest BCUT2D eigenvalue weighted by molar-refractivity contribution is 7.20. The molecule has 19 heteroatoms. The molecule has 1 aliphatic carbocycles. The number of thiophene rings is 1. The summed E-state index contributed by atoms with van der Waals surface area (Å²) in [6, 6.07) is 14.1. The normalized spacial score (nSPS) is 22.3. The van der Waals surface area contributed by atoms with Gasteiger partial charge < -0.3 is 31.1 Å². The van der Waals surface area contributed by atoms with E-state index >= 15 is 0 Å². The zero-order valence-corrected chi connectivity index (χ0v) is 46.4. The van der Waals surface area contributed by atoms with Gasteiger partial charge in [0.15, 0.2) is 5.78 Å². The number of fused-ring (bicyclic) bond motifs is 5. The number of halogens is 2. The molecule has 16 nitrogen and oxygen atoms in total. The van der Waals surface area contributed by atoms with Gasteiger partial charge in [0.2, 0.25) is 35.4 Å². The molecule has 6 aliphatic rings. The van der Waals surface area contributed by atoms with Gasteiger partial charge in [0.1, 0.15) is 18.1 Å². The fourth-order valence-corrected chi connectivity index (χ4v) is 14.2. The first-order valence-corrected chi connectivity index (χ1v) is 29.5. The fraction of sp³-hybridized carbons (Fsp3) is 0.500. The second kappa shape index (κ2) is 24.4. The molecule has 3 aromatic carbocycles. The Morgan fingerprint density at radius 2 is 1.65 bits per heavy atom. The Hall–Kier alpha value is -7.33. The number of ketones is 1. The number of imide groups is 1. The number of piperidine rings is 3. The molecule has 4 fully saturated rings. The molecule has 4 aromatic rings. The summed E-state index contributed by atoms with van der Waals surface area (Å²) in [6.45, 7) is 2.08. The van der Waals surface area contributed by atoms with Crippen LogP contribution in [0, 0.1) is 29.6 Å². The van der Waals surface area contributed by atoms with Crippen LogP contribution in [0.1, 0.15) is 170 Å². The number of nitrogens with one attached hydrogen (secondary N) is 3. The first-order chi connectivity index (χ1) is 38.9. The third kappa shape index (κ3) is 12.6. The average molecular weight is 1130 g/mol. The number of carbonyl (C=O) groups excluding carboxylic acids is 9. The van der Waals surface area contributed by atoms with Crippen molar-refractivity contribution in [2.75, 3.05) is 13.1 Å². The number of hydrogen-bond acceptors (Lipinski definition) is 10. The quantitative estimate of drug-likeness (QED) is 0.0642. The summed E-state index contributed by atoms with van der Waals surface area (Å²) in [5.74, 6) is -0.712. The van der Waals surface area contributed by atoms with Crippen LogP contribution in [0.3, 0.4) is 0 Å². The van der Waals surface area contributed by atoms with E-state index in [9.17, 15) is 51.9 Å². The van der Waals surface area contributed by atoms with Crippen molar-refractivity contribution >= 4 is 74.5 Å². The molecule has 0 radical (unpaired) electrons. The van der Waals surface area contributed by atoms with Gasteiger partial charge in [-0.05, 0) is 128 Å². The predicted molar refractivity (Wildman–Crippen MR) is 298 cm³/mol. The number of hydrogen-bond donors (Lipinski definition) is 4. The van der Waals surface area contributed by atoms with Gasteiger partial charge in [-0.15, -0.1) is 11.3 Å². The maximum absolute atomic E-state index is 14.9. The fourth-order valence-electron chi connectivity index (χ4n) is 13.2. The Labute approximate surface area is 473 Å². The third-order valence-corrected chi connectivity index (χ3v) is 18.7. The minimum absolute atomic E-state index is 0.0475. The number of amides is 8. The molecule has 6 atom stereocenters. The minimum Gasteiger partial charge on any atom is -0.370 e. The van der Waals surface area contributed by atoms with Gasteiger partial charge in [-0.3, -0.25) is 48.5 Å². The van der Waals surface area contributed by atoms with E-state index in [4.69, 9.17) is 5.73 Å². The molecule has 426 valence electrons. The lowest BCUT2D eigenvalue weighted by Crippen LogP contribution is -2.59. The van der Waals surface area contributed by atoms with Crippen molar-refractivity contribution in [1.29, 1.82) is 0 Å². The number of benzene rings is 3. The van der Waals surface area contributed by atoms with E-state index in [0.29, 0.717) is 53.9 Å². The third-order valence-electron chi connectivity index (χ3n) is 17.6. The Kier molecular flexibility index (Phi) is 17.2. The maximum Gasteiger partial charge on any atom is 0.270 e. The number of rotatable bonds is 16. The Balaban J connectivity index is 0.793. The second-order valence-electron chi connectivity index (χ2n) is 23.0. The predicted octanol–water partition coefficient (Wildman–Crippen LogP) is 7.53. The molecule has 81 heavy (non-hydrogen) atoms. The van der Waals surface area contributed by atoms with E-state index in [1.54, 1.807) is 18.2 Å². The van der Waals surface area contributed by atoms with Crippen LogP contribution in [0.25, 0.3) is 10.1 Å². The van der Waals surface area contributed by atoms with Gasteiger partial charge in [0.05, 0.1) is 17.0 Å². The number of nitrogens with zero attached hydrogens (tertiary/aromatic N) is 3. The average Bonchev–Trinajstić information content (AvgIpc) is 4.27. The van der Waals surface area contributed by atoms with E-state index in [-0.39, 0.29) is 91.4 Å². The summed E-state index contributed by atoms with van der Waals surface area (Å²) in [5, 5.41) is 8.67. The van der Waals surface area contributed by atoms with Crippen molar-refractivity contribution in [2.45, 2.75) is 165 Å². The highest BCUT2D eigenvalue weighted by Gasteiger charge is 2.46. The van der Waals surface area contributed by atoms with Crippen LogP contribution in [0.15, 0.2) is 66.7 Å². The van der Waals surface area contributed by atoms with E-state index < -0.39 is 71.6 Å². The standard InChI is InChI=1S/C62H69F2N7O9S/c1-62(63,64)41-21-24-52-40(31-41)33-53(81-52)58(77)67-47-32-39-15-7-8-17-42(39)48-19-10-20-50(71(48)61(47)80)57(76)66-46(22-25-54(65)73)51(72)34-44(37-12-3-2-4-13-37)59(78)69-29-27-36(28-30-69)11-5-6-14-38-16-9-18-43-45(38)35-70(60(43)79)49-23-26-55(74)68-56(49)75/h7-9,15-18,21,24,31,33,36-37,44,46-50H,2-5,10-13,19-20,22-23,25-30,32,34-35H2,1H3,(H2,65,73)(H,66,76)(H,67,77)(H,68,74,75)/t44-,46-,47-,48+,49?,50-/m0/s1. The number of carbonyl (C=O) groups is 9. The van der Waals surface area contributed by atoms with Gasteiger partial charge in [-0.25, -0.2) is 8.78 Å². The number of nitrogens with two attached hydrogens (primary N) is 1. The number of likely N-dealkylation sites (tertiary alicyclic amines) is 1. The van der Waals surface area contributed by atoms with Crippen LogP contribution in [-0.4, -0.2) is 105 Å². The van der Waals surface area contributed by atoms with Crippen molar-refractivity contribution in [1.82, 2.24) is 30.7 Å². The largest absolute Gasteiger partial charge is 0.370 e. The second-order valence-corrected chi connectivity index (χ2v) is 24.1. The molecule has 10 rings (SSSR count). The SMILES string of the molecule is CC(F)(F)c1ccc2sc(C(=O)N[C@H]3Cc4ccccc4[C@H]4CCC[C@@H](C(=O)N[C@@H](CCC(N)=O)C(=O)C[C@H](C(=O)N5CCC(CCC#Cc6cccc7c6CN(C6CCC(=O)NC6=O)C7=O)CC5)C5CCCCC5)N4C3=O)cc2c1. The Morgan fingerprint density at radius 3 is 2.41 bits per heavy atom. The van der Waals surface area contributed by atoms with E-state index in [2.05, 4.69) is 27.8 Å². The number of alkyl halides is 2. The summed E-state index contributed by atoms with van der Waals surface area (Å²) in [4.78, 5) is 128. The van der Waals surface area contributed by atoms with Crippen LogP contribution in [0.2, 0.25) is 0 Å². The minimum atomic E-state index is -3.08. The topological polar surface area (TPSA) is 225 Å². The summed E-state index contributed by atoms with van der Waals surface area (Å²) in [6.07, 6.45) is 8.92. The number of Topliss-reactive ketones (excluding diaryl/α,β-unsaturated/α-hetero) is 1. The molecule has 1 aromatic heterocycles. The lowest BCUT2D eigenvalue weighted by molar-refractivity contribution is -0.148. The summed E-state index contributed by atoms with van der Waals surface area (Å²) >= 11 is 1.12. The summed E-state index contributed by atoms with van der Waals surface area (Å²) in [7, 11) is 0. The first-order valence-electron chi connectivity index (χ1n) is 28.7. The molecule has 5 aliphatic heterocycles. The van der Waals surface area contributed by atoms with Gasteiger partial charge in [-0.2, -0.15) is 0 Å². The van der Waals surface area contributed by atoms with Crippen molar-refractivity contribution in [3.05, 3.63) is 105 Å².